The van der Waals surface area contributed by atoms with Crippen LogP contribution in [0.4, 0.5) is 0 Å². The molecule has 1 heterocycles. The molecule has 1 heteroatoms. The molecule has 0 aliphatic heterocycles. The molecule has 0 spiro atoms. The fraction of sp³-hybridized carbons (Fsp3) is 0. The molecule has 0 fully saturated rings. The molecule has 0 atom stereocenters. The van der Waals surface area contributed by atoms with E-state index in [-0.39, 0.29) is 0 Å². The van der Waals surface area contributed by atoms with Crippen LogP contribution in [0.15, 0.2) is 174 Å². The minimum Gasteiger partial charge on any atom is -0.456 e. The zero-order valence-electron chi connectivity index (χ0n) is 25.5. The van der Waals surface area contributed by atoms with Gasteiger partial charge in [0.25, 0.3) is 0 Å². The zero-order chi connectivity index (χ0) is 30.6. The van der Waals surface area contributed by atoms with Crippen molar-refractivity contribution in [2.75, 3.05) is 0 Å². The third-order valence-corrected chi connectivity index (χ3v) is 9.03. The molecule has 0 aliphatic rings. The summed E-state index contributed by atoms with van der Waals surface area (Å²) in [5, 5.41) is 7.11. The highest BCUT2D eigenvalue weighted by Gasteiger charge is 2.23. The van der Waals surface area contributed by atoms with Gasteiger partial charge in [-0.05, 0) is 72.6 Å². The number of fused-ring (bicyclic) bond motifs is 5. The lowest BCUT2D eigenvalue weighted by Crippen LogP contribution is -1.93. The molecular formula is C44H28O. The van der Waals surface area contributed by atoms with Crippen LogP contribution in [0, 0.1) is 0 Å². The summed E-state index contributed by atoms with van der Waals surface area (Å²) in [4.78, 5) is 0. The Morgan fingerprint density at radius 1 is 0.333 bits per heavy atom. The van der Waals surface area contributed by atoms with E-state index in [4.69, 9.17) is 5.79 Å². The van der Waals surface area contributed by atoms with Crippen LogP contribution < -0.4 is 0 Å². The van der Waals surface area contributed by atoms with Crippen molar-refractivity contribution in [3.05, 3.63) is 170 Å². The van der Waals surface area contributed by atoms with E-state index in [0.717, 1.165) is 33.1 Å². The maximum atomic E-state index is 7.87. The second kappa shape index (κ2) is 10.4. The first-order valence-electron chi connectivity index (χ1n) is 15.9. The van der Waals surface area contributed by atoms with Crippen molar-refractivity contribution in [2.45, 2.75) is 0 Å². The van der Waals surface area contributed by atoms with Gasteiger partial charge >= 0.3 is 0 Å². The van der Waals surface area contributed by atoms with E-state index in [1.54, 1.807) is 0 Å². The summed E-state index contributed by atoms with van der Waals surface area (Å²) in [5.74, 6) is 0. The van der Waals surface area contributed by atoms with Crippen molar-refractivity contribution in [1.29, 1.82) is 0 Å². The van der Waals surface area contributed by atoms with Crippen molar-refractivity contribution in [1.82, 2.24) is 0 Å². The van der Waals surface area contributed by atoms with E-state index in [1.165, 1.54) is 54.9 Å². The number of furan rings is 1. The smallest absolute Gasteiger partial charge is 0.136 e. The van der Waals surface area contributed by atoms with Gasteiger partial charge in [-0.3, -0.25) is 0 Å². The van der Waals surface area contributed by atoms with Crippen molar-refractivity contribution < 1.29 is 5.79 Å². The Hall–Kier alpha value is -5.92. The molecule has 1 aromatic heterocycles. The Balaban J connectivity index is 1.39. The van der Waals surface area contributed by atoms with Crippen molar-refractivity contribution in [3.8, 4) is 44.5 Å². The minimum absolute atomic E-state index is 0.521. The van der Waals surface area contributed by atoms with E-state index in [0.29, 0.717) is 6.04 Å². The van der Waals surface area contributed by atoms with E-state index < -0.39 is 0 Å². The Morgan fingerprint density at radius 2 is 0.844 bits per heavy atom. The minimum atomic E-state index is 0.521. The summed E-state index contributed by atoms with van der Waals surface area (Å²) in [6, 6.07) is 58.2. The average molecular weight is 574 g/mol. The Morgan fingerprint density at radius 3 is 1.51 bits per heavy atom. The lowest BCUT2D eigenvalue weighted by Gasteiger charge is -2.20. The van der Waals surface area contributed by atoms with Gasteiger partial charge in [0, 0.05) is 16.3 Å². The third kappa shape index (κ3) is 4.09. The van der Waals surface area contributed by atoms with Crippen LogP contribution in [0.3, 0.4) is 0 Å². The maximum Gasteiger partial charge on any atom is 0.136 e. The SMILES string of the molecule is [2H]c1ccc(-c2ccc(-c3c4ccccc4c(-c4c(-c5ccccc5)ccc5oc6ccccc6c45)c4ccccc34)cc2)cc1. The van der Waals surface area contributed by atoms with Crippen molar-refractivity contribution in [3.63, 3.8) is 0 Å². The molecule has 0 unspecified atom stereocenters. The summed E-state index contributed by atoms with van der Waals surface area (Å²) >= 11 is 0. The number of rotatable bonds is 4. The highest BCUT2D eigenvalue weighted by Crippen LogP contribution is 2.50. The quantitative estimate of drug-likeness (QED) is 0.191. The van der Waals surface area contributed by atoms with Crippen molar-refractivity contribution in [2.24, 2.45) is 0 Å². The summed E-state index contributed by atoms with van der Waals surface area (Å²) in [6.07, 6.45) is 0. The van der Waals surface area contributed by atoms with Crippen molar-refractivity contribution >= 4 is 43.5 Å². The predicted molar refractivity (Wildman–Crippen MR) is 190 cm³/mol. The van der Waals surface area contributed by atoms with Gasteiger partial charge in [0.1, 0.15) is 11.2 Å². The van der Waals surface area contributed by atoms with Gasteiger partial charge in [-0.2, -0.15) is 0 Å². The third-order valence-electron chi connectivity index (χ3n) is 9.03. The summed E-state index contributed by atoms with van der Waals surface area (Å²) in [5.41, 5.74) is 11.2. The second-order valence-corrected chi connectivity index (χ2v) is 11.5. The summed E-state index contributed by atoms with van der Waals surface area (Å²) < 4.78 is 14.3. The number of hydrogen-bond donors (Lipinski definition) is 0. The lowest BCUT2D eigenvalue weighted by molar-refractivity contribution is 0.669. The number of para-hydroxylation sites is 1. The first kappa shape index (κ1) is 24.5. The largest absolute Gasteiger partial charge is 0.456 e. The van der Waals surface area contributed by atoms with Gasteiger partial charge in [0.15, 0.2) is 0 Å². The molecule has 0 saturated heterocycles. The normalized spacial score (nSPS) is 11.9. The van der Waals surface area contributed by atoms with Crippen LogP contribution in [0.5, 0.6) is 0 Å². The molecule has 0 aliphatic carbocycles. The molecule has 8 aromatic carbocycles. The molecule has 0 saturated carbocycles. The van der Waals surface area contributed by atoms with Gasteiger partial charge in [-0.25, -0.2) is 0 Å². The zero-order valence-corrected chi connectivity index (χ0v) is 24.5. The van der Waals surface area contributed by atoms with E-state index in [2.05, 4.69) is 133 Å². The molecule has 9 aromatic rings. The van der Waals surface area contributed by atoms with Gasteiger partial charge in [-0.15, -0.1) is 0 Å². The van der Waals surface area contributed by atoms with Crippen LogP contribution in [0.2, 0.25) is 0 Å². The fourth-order valence-corrected chi connectivity index (χ4v) is 7.05. The average Bonchev–Trinajstić information content (AvgIpc) is 3.50. The standard InChI is InChI=1S/C44H28O/c1-3-13-29(14-4-1)30-23-25-32(26-24-30)41-34-17-7-9-19-36(34)42(37-20-10-8-18-35(37)41)44-33(31-15-5-2-6-16-31)27-28-40-43(44)38-21-11-12-22-39(38)45-40/h1-28H/i1D. The van der Waals surface area contributed by atoms with E-state index in [1.807, 2.05) is 30.3 Å². The summed E-state index contributed by atoms with van der Waals surface area (Å²) in [7, 11) is 0. The molecule has 0 bridgehead atoms. The Labute approximate surface area is 263 Å². The van der Waals surface area contributed by atoms with Gasteiger partial charge in [-0.1, -0.05) is 158 Å². The van der Waals surface area contributed by atoms with E-state index >= 15 is 0 Å². The lowest BCUT2D eigenvalue weighted by atomic mass is 9.82. The van der Waals surface area contributed by atoms with Gasteiger partial charge in [0.2, 0.25) is 0 Å². The highest BCUT2D eigenvalue weighted by atomic mass is 16.3. The van der Waals surface area contributed by atoms with Gasteiger partial charge in [0.05, 0.1) is 1.37 Å². The topological polar surface area (TPSA) is 13.1 Å². The fourth-order valence-electron chi connectivity index (χ4n) is 7.05. The second-order valence-electron chi connectivity index (χ2n) is 11.5. The molecule has 0 amide bonds. The van der Waals surface area contributed by atoms with Crippen LogP contribution in [0.25, 0.3) is 88.0 Å². The number of benzene rings is 8. The Kier molecular flexibility index (Phi) is 5.65. The van der Waals surface area contributed by atoms with E-state index in [9.17, 15) is 0 Å². The van der Waals surface area contributed by atoms with Crippen LogP contribution in [-0.2, 0) is 0 Å². The first-order chi connectivity index (χ1) is 22.7. The molecule has 45 heavy (non-hydrogen) atoms. The van der Waals surface area contributed by atoms with Crippen LogP contribution in [0.1, 0.15) is 1.37 Å². The van der Waals surface area contributed by atoms with Gasteiger partial charge < -0.3 is 4.42 Å². The molecular weight excluding hydrogens is 544 g/mol. The summed E-state index contributed by atoms with van der Waals surface area (Å²) in [6.45, 7) is 0. The molecule has 1 nitrogen and oxygen atoms in total. The molecule has 0 radical (unpaired) electrons. The molecule has 9 rings (SSSR count). The first-order valence-corrected chi connectivity index (χ1v) is 15.4. The maximum absolute atomic E-state index is 7.87. The monoisotopic (exact) mass is 573 g/mol. The van der Waals surface area contributed by atoms with Crippen LogP contribution in [-0.4, -0.2) is 0 Å². The van der Waals surface area contributed by atoms with Crippen LogP contribution >= 0.6 is 0 Å². The predicted octanol–water partition coefficient (Wildman–Crippen LogP) is 12.6. The highest BCUT2D eigenvalue weighted by molar-refractivity contribution is 6.27. The number of hydrogen-bond acceptors (Lipinski definition) is 1. The Bertz CT molecular complexity index is 2500. The molecule has 0 N–H and O–H groups in total. The molecule has 210 valence electrons.